The summed E-state index contributed by atoms with van der Waals surface area (Å²) < 4.78 is 0. The molecule has 12 nitrogen and oxygen atoms in total. The number of aliphatic carboxylic acids is 1. The molecule has 1 heterocycles. The number of benzene rings is 1. The number of imidazole rings is 1. The van der Waals surface area contributed by atoms with Crippen LogP contribution < -0.4 is 21.7 Å². The van der Waals surface area contributed by atoms with Crippen molar-refractivity contribution in [3.05, 3.63) is 48.0 Å². The number of carboxylic acid groups (broad SMARTS) is 1. The Labute approximate surface area is 220 Å². The normalized spacial score (nSPS) is 14.3. The molecule has 1 aromatic heterocycles. The summed E-state index contributed by atoms with van der Waals surface area (Å²) in [6, 6.07) is 1.55. The molecule has 2 rings (SSSR count). The number of rotatable bonds is 14. The predicted octanol–water partition coefficient (Wildman–Crippen LogP) is -0.257. The number of aromatic amines is 1. The lowest BCUT2D eigenvalue weighted by Gasteiger charge is -2.24. The molecule has 0 radical (unpaired) electrons. The second-order valence-corrected chi connectivity index (χ2v) is 9.46. The second-order valence-electron chi connectivity index (χ2n) is 9.09. The van der Waals surface area contributed by atoms with Gasteiger partial charge in [-0.05, 0) is 30.0 Å². The van der Waals surface area contributed by atoms with Gasteiger partial charge in [-0.3, -0.25) is 14.4 Å². The number of nitrogens with one attached hydrogen (secondary N) is 4. The number of nitrogens with two attached hydrogens (primary N) is 1. The van der Waals surface area contributed by atoms with Gasteiger partial charge >= 0.3 is 5.97 Å². The van der Waals surface area contributed by atoms with E-state index < -0.39 is 47.9 Å². The molecule has 1 aromatic carbocycles. The van der Waals surface area contributed by atoms with E-state index in [2.05, 4.69) is 38.5 Å². The van der Waals surface area contributed by atoms with Gasteiger partial charge in [-0.1, -0.05) is 26.0 Å². The first-order chi connectivity index (χ1) is 17.5. The van der Waals surface area contributed by atoms with Crippen LogP contribution in [0.4, 0.5) is 0 Å². The van der Waals surface area contributed by atoms with Crippen LogP contribution in [0.1, 0.15) is 31.5 Å². The van der Waals surface area contributed by atoms with Crippen LogP contribution >= 0.6 is 12.6 Å². The van der Waals surface area contributed by atoms with Crippen molar-refractivity contribution in [2.75, 3.05) is 5.75 Å². The van der Waals surface area contributed by atoms with E-state index in [9.17, 15) is 29.4 Å². The lowest BCUT2D eigenvalue weighted by atomic mass is 10.0. The van der Waals surface area contributed by atoms with Crippen molar-refractivity contribution in [2.24, 2.45) is 11.7 Å². The van der Waals surface area contributed by atoms with Crippen LogP contribution in [-0.4, -0.2) is 73.8 Å². The summed E-state index contributed by atoms with van der Waals surface area (Å²) in [5.74, 6) is -3.13. The average Bonchev–Trinajstić information content (AvgIpc) is 3.35. The minimum absolute atomic E-state index is 0.0273. The molecular weight excluding hydrogens is 500 g/mol. The molecule has 202 valence electrons. The number of carbonyl (C=O) groups excluding carboxylic acids is 3. The number of H-pyrrole nitrogens is 1. The molecule has 0 aliphatic rings. The summed E-state index contributed by atoms with van der Waals surface area (Å²) in [6.45, 7) is 3.84. The van der Waals surface area contributed by atoms with Crippen LogP contribution in [0.25, 0.3) is 0 Å². The quantitative estimate of drug-likeness (QED) is 0.152. The number of thiol groups is 1. The predicted molar refractivity (Wildman–Crippen MR) is 139 cm³/mol. The van der Waals surface area contributed by atoms with Crippen molar-refractivity contribution >= 4 is 36.3 Å². The number of amides is 3. The Kier molecular flexibility index (Phi) is 11.4. The lowest BCUT2D eigenvalue weighted by Crippen LogP contribution is -2.58. The summed E-state index contributed by atoms with van der Waals surface area (Å²) in [6.07, 6.45) is 3.38. The van der Waals surface area contributed by atoms with E-state index in [4.69, 9.17) is 5.73 Å². The van der Waals surface area contributed by atoms with E-state index in [0.29, 0.717) is 17.7 Å². The Bertz CT molecular complexity index is 1050. The number of carboxylic acids is 1. The van der Waals surface area contributed by atoms with Crippen LogP contribution in [0.15, 0.2) is 36.8 Å². The summed E-state index contributed by atoms with van der Waals surface area (Å²) in [7, 11) is 0. The van der Waals surface area contributed by atoms with Gasteiger partial charge in [-0.2, -0.15) is 12.6 Å². The van der Waals surface area contributed by atoms with E-state index in [1.54, 1.807) is 12.1 Å². The van der Waals surface area contributed by atoms with Crippen LogP contribution in [-0.2, 0) is 32.0 Å². The molecule has 0 bridgehead atoms. The molecule has 0 spiro atoms. The third-order valence-electron chi connectivity index (χ3n) is 5.48. The SMILES string of the molecule is CC(C)CC(N)C(=O)NC(Cc1cnc[nH]1)C(=O)NC(CS)C(=O)NC(Cc1ccc(O)cc1)C(=O)O. The number of aromatic nitrogens is 2. The summed E-state index contributed by atoms with van der Waals surface area (Å²) >= 11 is 4.14. The molecule has 13 heteroatoms. The Morgan fingerprint density at radius 1 is 0.973 bits per heavy atom. The first-order valence-corrected chi connectivity index (χ1v) is 12.4. The van der Waals surface area contributed by atoms with Gasteiger partial charge in [-0.25, -0.2) is 9.78 Å². The smallest absolute Gasteiger partial charge is 0.326 e. The van der Waals surface area contributed by atoms with E-state index in [0.717, 1.165) is 0 Å². The van der Waals surface area contributed by atoms with Crippen LogP contribution in [0.5, 0.6) is 5.75 Å². The monoisotopic (exact) mass is 534 g/mol. The van der Waals surface area contributed by atoms with Gasteiger partial charge in [0.25, 0.3) is 0 Å². The van der Waals surface area contributed by atoms with Crippen molar-refractivity contribution in [1.29, 1.82) is 0 Å². The van der Waals surface area contributed by atoms with Crippen LogP contribution in [0, 0.1) is 5.92 Å². The molecule has 4 unspecified atom stereocenters. The molecule has 8 N–H and O–H groups in total. The fourth-order valence-electron chi connectivity index (χ4n) is 3.53. The van der Waals surface area contributed by atoms with Crippen LogP contribution in [0.3, 0.4) is 0 Å². The number of aromatic hydroxyl groups is 1. The third-order valence-corrected chi connectivity index (χ3v) is 5.85. The highest BCUT2D eigenvalue weighted by atomic mass is 32.1. The van der Waals surface area contributed by atoms with Gasteiger partial charge in [-0.15, -0.1) is 0 Å². The van der Waals surface area contributed by atoms with Crippen molar-refractivity contribution in [3.63, 3.8) is 0 Å². The zero-order chi connectivity index (χ0) is 27.5. The average molecular weight is 535 g/mol. The summed E-state index contributed by atoms with van der Waals surface area (Å²) in [5.41, 5.74) is 7.11. The fraction of sp³-hybridized carbons (Fsp3) is 0.458. The maximum Gasteiger partial charge on any atom is 0.326 e. The van der Waals surface area contributed by atoms with Crippen molar-refractivity contribution in [1.82, 2.24) is 25.9 Å². The Hall–Kier alpha value is -3.58. The maximum absolute atomic E-state index is 13.1. The van der Waals surface area contributed by atoms with Crippen molar-refractivity contribution in [2.45, 2.75) is 57.3 Å². The minimum atomic E-state index is -1.29. The van der Waals surface area contributed by atoms with E-state index in [-0.39, 0.29) is 30.3 Å². The molecule has 0 aliphatic heterocycles. The van der Waals surface area contributed by atoms with E-state index in [1.165, 1.54) is 24.7 Å². The lowest BCUT2D eigenvalue weighted by molar-refractivity contribution is -0.142. The number of nitrogens with zero attached hydrogens (tertiary/aromatic N) is 1. The Morgan fingerprint density at radius 3 is 2.11 bits per heavy atom. The Balaban J connectivity index is 2.10. The van der Waals surface area contributed by atoms with Crippen molar-refractivity contribution in [3.8, 4) is 5.75 Å². The highest BCUT2D eigenvalue weighted by Crippen LogP contribution is 2.12. The first kappa shape index (κ1) is 29.6. The second kappa shape index (κ2) is 14.2. The molecule has 0 aliphatic carbocycles. The fourth-order valence-corrected chi connectivity index (χ4v) is 3.78. The van der Waals surface area contributed by atoms with Crippen molar-refractivity contribution < 1.29 is 29.4 Å². The zero-order valence-electron chi connectivity index (χ0n) is 20.7. The third kappa shape index (κ3) is 9.77. The van der Waals surface area contributed by atoms with Gasteiger partial charge in [0.15, 0.2) is 0 Å². The zero-order valence-corrected chi connectivity index (χ0v) is 21.6. The van der Waals surface area contributed by atoms with Gasteiger partial charge in [0.1, 0.15) is 23.9 Å². The molecule has 2 aromatic rings. The molecule has 0 fully saturated rings. The topological polar surface area (TPSA) is 200 Å². The standard InChI is InChI=1S/C24H34N6O6S/c1-13(2)7-17(25)21(32)28-18(9-15-10-26-12-27-15)22(33)30-20(11-37)23(34)29-19(24(35)36)8-14-3-5-16(31)6-4-14/h3-6,10,12-13,17-20,31,37H,7-9,11,25H2,1-2H3,(H,26,27)(H,28,32)(H,29,34)(H,30,33)(H,35,36). The number of hydrogen-bond acceptors (Lipinski definition) is 8. The van der Waals surface area contributed by atoms with E-state index in [1.807, 2.05) is 13.8 Å². The molecule has 3 amide bonds. The van der Waals surface area contributed by atoms with Gasteiger partial charge in [0.05, 0.1) is 12.4 Å². The van der Waals surface area contributed by atoms with Gasteiger partial charge < -0.3 is 36.9 Å². The molecule has 4 atom stereocenters. The molecule has 37 heavy (non-hydrogen) atoms. The molecule has 0 saturated carbocycles. The highest BCUT2D eigenvalue weighted by Gasteiger charge is 2.30. The maximum atomic E-state index is 13.1. The largest absolute Gasteiger partial charge is 0.508 e. The highest BCUT2D eigenvalue weighted by molar-refractivity contribution is 7.80. The summed E-state index contributed by atoms with van der Waals surface area (Å²) in [4.78, 5) is 57.1. The van der Waals surface area contributed by atoms with Gasteiger partial charge in [0.2, 0.25) is 17.7 Å². The van der Waals surface area contributed by atoms with Crippen LogP contribution in [0.2, 0.25) is 0 Å². The number of phenols is 1. The number of hydrogen-bond donors (Lipinski definition) is 8. The van der Waals surface area contributed by atoms with Gasteiger partial charge in [0, 0.05) is 30.5 Å². The molecular formula is C24H34N6O6S. The molecule has 0 saturated heterocycles. The summed E-state index contributed by atoms with van der Waals surface area (Å²) in [5, 5.41) is 26.6. The first-order valence-electron chi connectivity index (χ1n) is 11.8. The number of phenolic OH excluding ortho intramolecular Hbond substituents is 1. The minimum Gasteiger partial charge on any atom is -0.508 e. The Morgan fingerprint density at radius 2 is 1.57 bits per heavy atom. The van der Waals surface area contributed by atoms with E-state index >= 15 is 0 Å². The number of carbonyl (C=O) groups is 4.